The molecule has 1 fully saturated rings. The van der Waals surface area contributed by atoms with Crippen molar-refractivity contribution in [1.29, 1.82) is 0 Å². The number of rotatable bonds is 0. The Bertz CT molecular complexity index is 268. The third-order valence-electron chi connectivity index (χ3n) is 2.70. The van der Waals surface area contributed by atoms with Gasteiger partial charge in [-0.05, 0) is 6.08 Å². The van der Waals surface area contributed by atoms with Gasteiger partial charge in [0.25, 0.3) is 0 Å². The minimum atomic E-state index is 0.549. The number of nitrogens with one attached hydrogen (secondary N) is 4. The number of hydrazine groups is 1. The number of allylic oxidation sites excluding steroid dienone is 1. The molecule has 0 aromatic rings. The molecule has 0 aromatic heterocycles. The second kappa shape index (κ2) is 2.17. The molecule has 2 bridgehead atoms. The van der Waals surface area contributed by atoms with Crippen molar-refractivity contribution in [2.24, 2.45) is 5.92 Å². The first kappa shape index (κ1) is 6.37. The van der Waals surface area contributed by atoms with Crippen LogP contribution >= 0.6 is 0 Å². The van der Waals surface area contributed by atoms with Gasteiger partial charge in [0, 0.05) is 30.9 Å². The largest absolute Gasteiger partial charge is 0.387 e. The monoisotopic (exact) mass is 164 g/mol. The molecule has 0 saturated carbocycles. The lowest BCUT2D eigenvalue weighted by molar-refractivity contribution is 0.406. The zero-order valence-electron chi connectivity index (χ0n) is 6.72. The molecule has 2 atom stereocenters. The van der Waals surface area contributed by atoms with Crippen LogP contribution in [0.1, 0.15) is 0 Å². The lowest BCUT2D eigenvalue weighted by Gasteiger charge is -2.33. The molecule has 3 aliphatic rings. The van der Waals surface area contributed by atoms with Crippen LogP contribution in [0.4, 0.5) is 0 Å². The molecule has 3 rings (SSSR count). The predicted octanol–water partition coefficient (Wildman–Crippen LogP) is -0.989. The van der Waals surface area contributed by atoms with E-state index in [9.17, 15) is 0 Å². The predicted molar refractivity (Wildman–Crippen MR) is 45.7 cm³/mol. The minimum Gasteiger partial charge on any atom is -0.387 e. The average molecular weight is 164 g/mol. The van der Waals surface area contributed by atoms with Crippen LogP contribution in [-0.4, -0.2) is 19.1 Å². The second-order valence-corrected chi connectivity index (χ2v) is 3.47. The SMILES string of the molecule is C1=C2C=C3NNCC3C(CN1)N2. The molecule has 0 aliphatic carbocycles. The van der Waals surface area contributed by atoms with E-state index in [0.717, 1.165) is 13.1 Å². The van der Waals surface area contributed by atoms with Crippen molar-refractivity contribution in [1.82, 2.24) is 21.5 Å². The summed E-state index contributed by atoms with van der Waals surface area (Å²) >= 11 is 0. The molecule has 4 N–H and O–H groups in total. The highest BCUT2D eigenvalue weighted by atomic mass is 15.4. The zero-order valence-corrected chi connectivity index (χ0v) is 6.72. The van der Waals surface area contributed by atoms with Crippen molar-refractivity contribution >= 4 is 0 Å². The number of hydrogen-bond acceptors (Lipinski definition) is 4. The number of hydrogen-bond donors (Lipinski definition) is 4. The van der Waals surface area contributed by atoms with E-state index in [-0.39, 0.29) is 0 Å². The van der Waals surface area contributed by atoms with Crippen LogP contribution in [0.2, 0.25) is 0 Å². The molecule has 4 nitrogen and oxygen atoms in total. The molecule has 0 spiro atoms. The van der Waals surface area contributed by atoms with Crippen LogP contribution in [0.5, 0.6) is 0 Å². The van der Waals surface area contributed by atoms with Gasteiger partial charge in [-0.15, -0.1) is 0 Å². The van der Waals surface area contributed by atoms with Gasteiger partial charge in [0.15, 0.2) is 0 Å². The van der Waals surface area contributed by atoms with E-state index >= 15 is 0 Å². The quantitative estimate of drug-likeness (QED) is 0.371. The van der Waals surface area contributed by atoms with Crippen LogP contribution in [0.3, 0.4) is 0 Å². The van der Waals surface area contributed by atoms with E-state index in [1.807, 2.05) is 6.20 Å². The van der Waals surface area contributed by atoms with Gasteiger partial charge in [-0.2, -0.15) is 0 Å². The van der Waals surface area contributed by atoms with Crippen molar-refractivity contribution in [3.05, 3.63) is 23.7 Å². The van der Waals surface area contributed by atoms with Crippen molar-refractivity contribution in [3.63, 3.8) is 0 Å². The van der Waals surface area contributed by atoms with Gasteiger partial charge in [-0.25, -0.2) is 5.43 Å². The molecule has 2 unspecified atom stereocenters. The van der Waals surface area contributed by atoms with Crippen molar-refractivity contribution in [3.8, 4) is 0 Å². The van der Waals surface area contributed by atoms with Crippen LogP contribution in [-0.2, 0) is 0 Å². The van der Waals surface area contributed by atoms with Crippen LogP contribution < -0.4 is 21.5 Å². The van der Waals surface area contributed by atoms with Crippen LogP contribution in [0, 0.1) is 5.92 Å². The Morgan fingerprint density at radius 1 is 1.33 bits per heavy atom. The Balaban J connectivity index is 2.03. The third kappa shape index (κ3) is 0.754. The molecule has 12 heavy (non-hydrogen) atoms. The molecule has 0 aromatic carbocycles. The van der Waals surface area contributed by atoms with E-state index in [2.05, 4.69) is 27.6 Å². The Hall–Kier alpha value is -1.16. The maximum atomic E-state index is 3.47. The molecule has 0 amide bonds. The van der Waals surface area contributed by atoms with Gasteiger partial charge in [-0.1, -0.05) is 0 Å². The Kier molecular flexibility index (Phi) is 1.15. The average Bonchev–Trinajstić information content (AvgIpc) is 2.53. The number of fused-ring (bicyclic) bond motifs is 4. The first-order valence-electron chi connectivity index (χ1n) is 4.34. The highest BCUT2D eigenvalue weighted by Gasteiger charge is 2.33. The summed E-state index contributed by atoms with van der Waals surface area (Å²) in [5.41, 5.74) is 8.87. The first-order chi connectivity index (χ1) is 5.93. The highest BCUT2D eigenvalue weighted by molar-refractivity contribution is 5.32. The lowest BCUT2D eigenvalue weighted by Crippen LogP contribution is -2.49. The maximum Gasteiger partial charge on any atom is 0.0530 e. The fourth-order valence-corrected chi connectivity index (χ4v) is 2.06. The van der Waals surface area contributed by atoms with Gasteiger partial charge < -0.3 is 16.1 Å². The lowest BCUT2D eigenvalue weighted by atomic mass is 9.92. The Labute approximate surface area is 71.1 Å². The van der Waals surface area contributed by atoms with E-state index in [1.54, 1.807) is 0 Å². The molecule has 64 valence electrons. The molecule has 3 aliphatic heterocycles. The van der Waals surface area contributed by atoms with Gasteiger partial charge >= 0.3 is 0 Å². The van der Waals surface area contributed by atoms with E-state index < -0.39 is 0 Å². The fourth-order valence-electron chi connectivity index (χ4n) is 2.06. The van der Waals surface area contributed by atoms with Gasteiger partial charge in [0.1, 0.15) is 0 Å². The summed E-state index contributed by atoms with van der Waals surface area (Å²) in [4.78, 5) is 0. The van der Waals surface area contributed by atoms with Gasteiger partial charge in [-0.3, -0.25) is 0 Å². The Morgan fingerprint density at radius 2 is 2.33 bits per heavy atom. The van der Waals surface area contributed by atoms with E-state index in [4.69, 9.17) is 0 Å². The standard InChI is InChI=1S/C8H12N4/c1-5-2-9-4-8(11-5)6-3-10-12-7(1)6/h1-2,6,8-12H,3-4H2. The third-order valence-corrected chi connectivity index (χ3v) is 2.70. The molecule has 3 heterocycles. The Morgan fingerprint density at radius 3 is 3.33 bits per heavy atom. The van der Waals surface area contributed by atoms with Crippen molar-refractivity contribution in [2.75, 3.05) is 13.1 Å². The van der Waals surface area contributed by atoms with Gasteiger partial charge in [0.2, 0.25) is 0 Å². The normalized spacial score (nSPS) is 36.7. The summed E-state index contributed by atoms with van der Waals surface area (Å²) in [6.07, 6.45) is 4.19. The molecular weight excluding hydrogens is 152 g/mol. The second-order valence-electron chi connectivity index (χ2n) is 3.47. The van der Waals surface area contributed by atoms with Crippen LogP contribution in [0.15, 0.2) is 23.7 Å². The smallest absolute Gasteiger partial charge is 0.0530 e. The highest BCUT2D eigenvalue weighted by Crippen LogP contribution is 2.24. The summed E-state index contributed by atoms with van der Waals surface area (Å²) in [6, 6.07) is 0.549. The summed E-state index contributed by atoms with van der Waals surface area (Å²) < 4.78 is 0. The van der Waals surface area contributed by atoms with Crippen LogP contribution in [0.25, 0.3) is 0 Å². The van der Waals surface area contributed by atoms with Crippen molar-refractivity contribution < 1.29 is 0 Å². The fraction of sp³-hybridized carbons (Fsp3) is 0.500. The van der Waals surface area contributed by atoms with Crippen molar-refractivity contribution in [2.45, 2.75) is 6.04 Å². The molecular formula is C8H12N4. The summed E-state index contributed by atoms with van der Waals surface area (Å²) in [7, 11) is 0. The minimum absolute atomic E-state index is 0.549. The van der Waals surface area contributed by atoms with E-state index in [0.29, 0.717) is 12.0 Å². The zero-order chi connectivity index (χ0) is 7.97. The van der Waals surface area contributed by atoms with Gasteiger partial charge in [0.05, 0.1) is 11.7 Å². The topological polar surface area (TPSA) is 48.1 Å². The summed E-state index contributed by atoms with van der Waals surface area (Å²) in [6.45, 7) is 2.05. The molecule has 4 heteroatoms. The summed E-state index contributed by atoms with van der Waals surface area (Å²) in [5, 5.41) is 6.74. The molecule has 1 saturated heterocycles. The molecule has 0 radical (unpaired) electrons. The van der Waals surface area contributed by atoms with E-state index in [1.165, 1.54) is 11.4 Å². The summed E-state index contributed by atoms with van der Waals surface area (Å²) in [5.74, 6) is 0.606. The maximum absolute atomic E-state index is 3.47. The first-order valence-corrected chi connectivity index (χ1v) is 4.34.